The van der Waals surface area contributed by atoms with Gasteiger partial charge in [-0.2, -0.15) is 26.3 Å². The quantitative estimate of drug-likeness (QED) is 0.0305. The molecule has 3 aromatic carbocycles. The number of hydrogen-bond donors (Lipinski definition) is 0. The SMILES string of the molecule is CC(C)=CCCC(C)CC(=O)C1=CN(c2ccc(N3C=C(C(=O)CC(C)CCC=C(C)C)C(C)(C)CC3)cc2)CCC1(C)C.CC1(C)CCN(c2ccc(N3C=C(C(=O)CCC(F)(F)F)C(C)(C)CC3)cc2)C=C1C(=O)CCC(F)(F)F.CCCCCCCCCC(=O)C1=CN(c2ccc(N3C=C(C(=O)CCCCCCCCC)C(C)(C)CC3)cc2)CCC1(C)C. The van der Waals surface area contributed by atoms with Gasteiger partial charge in [0, 0.05) is 183 Å². The van der Waals surface area contributed by atoms with Crippen LogP contribution in [-0.4, -0.2) is 86.3 Å². The number of Topliss-reactive ketones (excluding diaryl/α,β-unsaturated/α-hetero) is 6. The van der Waals surface area contributed by atoms with Gasteiger partial charge >= 0.3 is 12.4 Å². The molecule has 0 fully saturated rings. The monoisotopic (exact) mass is 1750 g/mol. The molecule has 9 rings (SSSR count). The van der Waals surface area contributed by atoms with Crippen LogP contribution in [0.3, 0.4) is 0 Å². The lowest BCUT2D eigenvalue weighted by Gasteiger charge is -2.38. The number of alkyl halides is 6. The van der Waals surface area contributed by atoms with Crippen molar-refractivity contribution in [3.63, 3.8) is 0 Å². The Morgan fingerprint density at radius 3 is 0.698 bits per heavy atom. The molecular formula is C108H158F6N6O6. The number of unbranched alkanes of at least 4 members (excludes halogenated alkanes) is 12. The standard InChI is InChI=1S/C40H60N2O2.C40H64N2O2.C28H34F6N2O2/c1-29(2)13-11-15-31(5)25-37(43)35-27-41(23-21-39(35,7)8)33-17-19-34(20-18-33)42-24-22-40(9,10)36(28-42)38(44)26-32(6)16-12-14-30(3)4;1-7-9-11-13-15-17-19-21-37(43)35-31-41(29-27-39(35,3)4)33-23-25-34(26-24-33)42-30-28-40(5,6)36(32-42)38(44)22-20-18-16-14-12-10-8-2;1-25(2)13-15-35(17-21(25)23(37)9-11-27(29,30)31)19-5-7-20(8-6-19)36-16-14-26(3,4)22(18-36)24(38)10-12-28(32,33)34/h13-14,17-20,27-28,31-32H,11-12,15-16,21-26H2,1-10H3;23-26,31-32H,7-22,27-30H2,1-6H3;5-8,17-18H,9-16H2,1-4H3. The van der Waals surface area contributed by atoms with Crippen LogP contribution in [0.25, 0.3) is 0 Å². The van der Waals surface area contributed by atoms with Crippen LogP contribution >= 0.6 is 0 Å². The van der Waals surface area contributed by atoms with Crippen molar-refractivity contribution in [2.24, 2.45) is 44.3 Å². The van der Waals surface area contributed by atoms with E-state index in [9.17, 15) is 55.1 Å². The highest BCUT2D eigenvalue weighted by Gasteiger charge is 2.41. The van der Waals surface area contributed by atoms with Gasteiger partial charge in [-0.25, -0.2) is 0 Å². The normalized spacial score (nSPS) is 18.7. The van der Waals surface area contributed by atoms with E-state index in [4.69, 9.17) is 0 Å². The zero-order valence-corrected chi connectivity index (χ0v) is 81.0. The predicted octanol–water partition coefficient (Wildman–Crippen LogP) is 29.7. The summed E-state index contributed by atoms with van der Waals surface area (Å²) in [6.07, 6.45) is 32.9. The van der Waals surface area contributed by atoms with Crippen LogP contribution in [0.4, 0.5) is 60.5 Å². The maximum atomic E-state index is 13.5. The highest BCUT2D eigenvalue weighted by Crippen LogP contribution is 2.46. The minimum Gasteiger partial charge on any atom is -0.348 e. The minimum atomic E-state index is -4.40. The second-order valence-electron chi connectivity index (χ2n) is 41.6. The summed E-state index contributed by atoms with van der Waals surface area (Å²) in [7, 11) is 0. The molecule has 6 aliphatic heterocycles. The lowest BCUT2D eigenvalue weighted by Crippen LogP contribution is -2.36. The van der Waals surface area contributed by atoms with Crippen molar-refractivity contribution in [1.82, 2.24) is 0 Å². The molecule has 126 heavy (non-hydrogen) atoms. The van der Waals surface area contributed by atoms with E-state index >= 15 is 0 Å². The van der Waals surface area contributed by atoms with E-state index in [0.29, 0.717) is 86.2 Å². The Kier molecular flexibility index (Phi) is 39.6. The maximum Gasteiger partial charge on any atom is 0.389 e. The van der Waals surface area contributed by atoms with E-state index in [1.54, 1.807) is 12.4 Å². The zero-order chi connectivity index (χ0) is 93.2. The third kappa shape index (κ3) is 32.9. The summed E-state index contributed by atoms with van der Waals surface area (Å²) < 4.78 is 75.9. The Morgan fingerprint density at radius 1 is 0.310 bits per heavy atom. The van der Waals surface area contributed by atoms with Gasteiger partial charge in [-0.3, -0.25) is 28.8 Å². The average Bonchev–Trinajstić information content (AvgIpc) is 0.798. The van der Waals surface area contributed by atoms with Crippen LogP contribution in [0.15, 0.2) is 167 Å². The molecule has 0 N–H and O–H groups in total. The largest absolute Gasteiger partial charge is 0.389 e. The molecule has 0 amide bonds. The van der Waals surface area contributed by atoms with Gasteiger partial charge in [0.05, 0.1) is 12.8 Å². The number of carbonyl (C=O) groups excluding carboxylic acids is 6. The number of nitrogens with zero attached hydrogens (tertiary/aromatic N) is 6. The van der Waals surface area contributed by atoms with Crippen molar-refractivity contribution in [2.75, 3.05) is 68.7 Å². The van der Waals surface area contributed by atoms with Crippen LogP contribution in [-0.2, 0) is 28.8 Å². The molecule has 2 atom stereocenters. The number of benzene rings is 3. The molecule has 698 valence electrons. The molecule has 0 radical (unpaired) electrons. The smallest absolute Gasteiger partial charge is 0.348 e. The van der Waals surface area contributed by atoms with Gasteiger partial charge in [-0.1, -0.05) is 211 Å². The summed E-state index contributed by atoms with van der Waals surface area (Å²) in [5.74, 6) is 0.911. The molecule has 12 nitrogen and oxygen atoms in total. The highest BCUT2D eigenvalue weighted by molar-refractivity contribution is 6.00. The van der Waals surface area contributed by atoms with Gasteiger partial charge in [0.1, 0.15) is 0 Å². The Morgan fingerprint density at radius 2 is 0.500 bits per heavy atom. The molecule has 6 heterocycles. The second-order valence-corrected chi connectivity index (χ2v) is 41.6. The number of ketones is 6. The molecule has 0 aromatic heterocycles. The second kappa shape index (κ2) is 47.5. The third-order valence-electron chi connectivity index (χ3n) is 27.1. The lowest BCUT2D eigenvalue weighted by atomic mass is 9.75. The highest BCUT2D eigenvalue weighted by atomic mass is 19.4. The van der Waals surface area contributed by atoms with Gasteiger partial charge in [0.2, 0.25) is 0 Å². The van der Waals surface area contributed by atoms with Gasteiger partial charge in [0.15, 0.2) is 34.7 Å². The maximum absolute atomic E-state index is 13.5. The molecule has 3 aromatic rings. The van der Waals surface area contributed by atoms with E-state index in [1.807, 2.05) is 61.8 Å². The van der Waals surface area contributed by atoms with Gasteiger partial charge in [-0.15, -0.1) is 0 Å². The number of allylic oxidation sites excluding steroid dienone is 10. The first-order valence-corrected chi connectivity index (χ1v) is 47.9. The van der Waals surface area contributed by atoms with Crippen LogP contribution in [0.1, 0.15) is 344 Å². The molecule has 0 aliphatic carbocycles. The van der Waals surface area contributed by atoms with Crippen molar-refractivity contribution in [1.29, 1.82) is 0 Å². The van der Waals surface area contributed by atoms with E-state index in [-0.39, 0.29) is 33.2 Å². The first-order chi connectivity index (χ1) is 59.0. The molecule has 0 spiro atoms. The molecule has 6 aliphatic rings. The van der Waals surface area contributed by atoms with E-state index in [2.05, 4.69) is 216 Å². The predicted molar refractivity (Wildman–Crippen MR) is 513 cm³/mol. The van der Waals surface area contributed by atoms with E-state index in [0.717, 1.165) is 160 Å². The molecule has 2 unspecified atom stereocenters. The summed E-state index contributed by atoms with van der Waals surface area (Å²) in [4.78, 5) is 91.6. The Hall–Kier alpha value is -8.02. The Balaban J connectivity index is 0.000000260. The Bertz CT molecular complexity index is 4070. The van der Waals surface area contributed by atoms with Crippen molar-refractivity contribution < 1.29 is 55.1 Å². The number of hydrogen-bond acceptors (Lipinski definition) is 12. The fraction of sp³-hybridized carbons (Fsp3) is 0.630. The number of anilines is 6. The summed E-state index contributed by atoms with van der Waals surface area (Å²) in [6.45, 7) is 47.3. The summed E-state index contributed by atoms with van der Waals surface area (Å²) >= 11 is 0. The number of rotatable bonds is 42. The number of halogens is 6. The van der Waals surface area contributed by atoms with Gasteiger partial charge in [-0.05, 0) is 222 Å². The van der Waals surface area contributed by atoms with Crippen molar-refractivity contribution in [3.8, 4) is 0 Å². The first-order valence-electron chi connectivity index (χ1n) is 47.9. The molecule has 0 saturated carbocycles. The van der Waals surface area contributed by atoms with Crippen molar-refractivity contribution in [3.05, 3.63) is 167 Å². The van der Waals surface area contributed by atoms with Crippen LogP contribution in [0.2, 0.25) is 0 Å². The lowest BCUT2D eigenvalue weighted by molar-refractivity contribution is -0.142. The van der Waals surface area contributed by atoms with E-state index < -0.39 is 60.4 Å². The van der Waals surface area contributed by atoms with Crippen molar-refractivity contribution in [2.45, 2.75) is 356 Å². The van der Waals surface area contributed by atoms with Crippen LogP contribution < -0.4 is 29.4 Å². The summed E-state index contributed by atoms with van der Waals surface area (Å²) in [5, 5.41) is 0. The van der Waals surface area contributed by atoms with Gasteiger partial charge in [0.25, 0.3) is 0 Å². The van der Waals surface area contributed by atoms with Crippen LogP contribution in [0, 0.1) is 44.3 Å². The summed E-state index contributed by atoms with van der Waals surface area (Å²) in [6, 6.07) is 24.6. The van der Waals surface area contributed by atoms with Crippen LogP contribution in [0.5, 0.6) is 0 Å². The summed E-state index contributed by atoms with van der Waals surface area (Å²) in [5.41, 5.74) is 11.7. The number of carbonyl (C=O) groups is 6. The topological polar surface area (TPSA) is 122 Å². The van der Waals surface area contributed by atoms with Crippen molar-refractivity contribution >= 4 is 68.8 Å². The minimum absolute atomic E-state index is 0.0853. The first kappa shape index (κ1) is 105. The molecule has 18 heteroatoms. The van der Waals surface area contributed by atoms with Gasteiger partial charge < -0.3 is 29.4 Å². The molecule has 0 bridgehead atoms. The third-order valence-corrected chi connectivity index (χ3v) is 27.1. The fourth-order valence-electron chi connectivity index (χ4n) is 17.9. The zero-order valence-electron chi connectivity index (χ0n) is 81.0. The molecular weight excluding hydrogens is 1590 g/mol. The molecule has 0 saturated heterocycles. The Labute approximate surface area is 755 Å². The van der Waals surface area contributed by atoms with E-state index in [1.165, 1.54) is 75.4 Å². The fourth-order valence-corrected chi connectivity index (χ4v) is 17.9. The average molecular weight is 1750 g/mol.